The highest BCUT2D eigenvalue weighted by molar-refractivity contribution is 6.01. The number of likely N-dealkylation sites (N-methyl/N-ethyl adjacent to an activating group) is 1. The summed E-state index contributed by atoms with van der Waals surface area (Å²) in [5.41, 5.74) is 1.41. The first-order chi connectivity index (χ1) is 8.99. The van der Waals surface area contributed by atoms with Gasteiger partial charge in [0, 0.05) is 12.0 Å². The Morgan fingerprint density at radius 1 is 1.42 bits per heavy atom. The van der Waals surface area contributed by atoms with Crippen LogP contribution < -0.4 is 10.1 Å². The molecule has 0 aliphatic heterocycles. The van der Waals surface area contributed by atoms with E-state index in [1.807, 2.05) is 6.92 Å². The van der Waals surface area contributed by atoms with E-state index in [0.29, 0.717) is 11.3 Å². The minimum absolute atomic E-state index is 0.0353. The van der Waals surface area contributed by atoms with Crippen molar-refractivity contribution in [1.82, 2.24) is 5.32 Å². The topological polar surface area (TPSA) is 75.6 Å². The van der Waals surface area contributed by atoms with Crippen molar-refractivity contribution in [3.63, 3.8) is 0 Å². The van der Waals surface area contributed by atoms with Gasteiger partial charge in [0.25, 0.3) is 0 Å². The summed E-state index contributed by atoms with van der Waals surface area (Å²) in [7, 11) is 3.23. The van der Waals surface area contributed by atoms with Gasteiger partial charge in [-0.3, -0.25) is 9.59 Å². The third kappa shape index (κ3) is 4.06. The zero-order valence-electron chi connectivity index (χ0n) is 11.4. The second kappa shape index (κ2) is 6.89. The Morgan fingerprint density at radius 2 is 2.11 bits per heavy atom. The molecule has 5 nitrogen and oxygen atoms in total. The lowest BCUT2D eigenvalue weighted by Gasteiger charge is -2.15. The summed E-state index contributed by atoms with van der Waals surface area (Å²) < 4.78 is 5.09. The van der Waals surface area contributed by atoms with E-state index in [2.05, 4.69) is 5.32 Å². The summed E-state index contributed by atoms with van der Waals surface area (Å²) in [6, 6.07) is 4.74. The first kappa shape index (κ1) is 15.2. The number of carbonyl (C=O) groups is 2. The molecule has 1 aromatic rings. The quantitative estimate of drug-likeness (QED) is 0.733. The fourth-order valence-corrected chi connectivity index (χ4v) is 1.90. The molecule has 0 aromatic heterocycles. The van der Waals surface area contributed by atoms with Gasteiger partial charge in [0.05, 0.1) is 13.2 Å². The molecule has 2 N–H and O–H groups in total. The number of carboxylic acids is 1. The van der Waals surface area contributed by atoms with Crippen molar-refractivity contribution in [3.05, 3.63) is 29.3 Å². The second-order valence-corrected chi connectivity index (χ2v) is 4.32. The standard InChI is InChI=1S/C14H19NO4/c1-9-8-10(19-3)4-5-11(9)14(18)12(15-2)6-7-13(16)17/h4-5,8,12,15H,6-7H2,1-3H3,(H,16,17). The molecule has 104 valence electrons. The Kier molecular flexibility index (Phi) is 5.51. The van der Waals surface area contributed by atoms with Crippen LogP contribution in [0.25, 0.3) is 0 Å². The molecule has 0 heterocycles. The highest BCUT2D eigenvalue weighted by atomic mass is 16.5. The maximum atomic E-state index is 12.3. The lowest BCUT2D eigenvalue weighted by atomic mass is 9.96. The van der Waals surface area contributed by atoms with Gasteiger partial charge in [0.1, 0.15) is 5.75 Å². The largest absolute Gasteiger partial charge is 0.497 e. The molecule has 0 radical (unpaired) electrons. The fraction of sp³-hybridized carbons (Fsp3) is 0.429. The van der Waals surface area contributed by atoms with Gasteiger partial charge in [-0.1, -0.05) is 0 Å². The number of hydrogen-bond donors (Lipinski definition) is 2. The smallest absolute Gasteiger partial charge is 0.303 e. The molecule has 1 rings (SSSR count). The van der Waals surface area contributed by atoms with Crippen LogP contribution in [0.5, 0.6) is 5.75 Å². The molecule has 0 bridgehead atoms. The highest BCUT2D eigenvalue weighted by Gasteiger charge is 2.20. The number of methoxy groups -OCH3 is 1. The SMILES string of the molecule is CNC(CCC(=O)O)C(=O)c1ccc(OC)cc1C. The number of rotatable bonds is 7. The molecule has 0 saturated carbocycles. The average Bonchev–Trinajstić information content (AvgIpc) is 2.38. The Balaban J connectivity index is 2.88. The Morgan fingerprint density at radius 3 is 2.58 bits per heavy atom. The minimum atomic E-state index is -0.903. The zero-order chi connectivity index (χ0) is 14.4. The maximum Gasteiger partial charge on any atom is 0.303 e. The van der Waals surface area contributed by atoms with Crippen LogP contribution in [0.1, 0.15) is 28.8 Å². The molecule has 1 unspecified atom stereocenters. The van der Waals surface area contributed by atoms with Crippen molar-refractivity contribution in [2.75, 3.05) is 14.2 Å². The van der Waals surface area contributed by atoms with Crippen LogP contribution in [-0.2, 0) is 4.79 Å². The predicted molar refractivity (Wildman–Crippen MR) is 71.8 cm³/mol. The van der Waals surface area contributed by atoms with Crippen LogP contribution in [-0.4, -0.2) is 37.1 Å². The van der Waals surface area contributed by atoms with E-state index in [-0.39, 0.29) is 18.6 Å². The van der Waals surface area contributed by atoms with E-state index in [9.17, 15) is 9.59 Å². The number of aryl methyl sites for hydroxylation is 1. The van der Waals surface area contributed by atoms with E-state index >= 15 is 0 Å². The predicted octanol–water partition coefficient (Wildman–Crippen LogP) is 1.64. The molecule has 0 fully saturated rings. The lowest BCUT2D eigenvalue weighted by Crippen LogP contribution is -2.35. The molecule has 0 aliphatic rings. The van der Waals surface area contributed by atoms with Gasteiger partial charge in [-0.05, 0) is 44.2 Å². The Labute approximate surface area is 112 Å². The second-order valence-electron chi connectivity index (χ2n) is 4.32. The molecule has 5 heteroatoms. The third-order valence-corrected chi connectivity index (χ3v) is 3.01. The van der Waals surface area contributed by atoms with Crippen molar-refractivity contribution in [2.24, 2.45) is 0 Å². The number of aliphatic carboxylic acids is 1. The zero-order valence-corrected chi connectivity index (χ0v) is 11.4. The summed E-state index contributed by atoms with van der Waals surface area (Å²) in [4.78, 5) is 22.9. The van der Waals surface area contributed by atoms with Gasteiger partial charge in [-0.15, -0.1) is 0 Å². The van der Waals surface area contributed by atoms with E-state index in [0.717, 1.165) is 5.56 Å². The molecule has 1 atom stereocenters. The Hall–Kier alpha value is -1.88. The number of carbonyl (C=O) groups excluding carboxylic acids is 1. The van der Waals surface area contributed by atoms with Crippen molar-refractivity contribution in [1.29, 1.82) is 0 Å². The first-order valence-electron chi connectivity index (χ1n) is 6.07. The van der Waals surface area contributed by atoms with E-state index in [4.69, 9.17) is 9.84 Å². The minimum Gasteiger partial charge on any atom is -0.497 e. The molecule has 1 aromatic carbocycles. The van der Waals surface area contributed by atoms with Gasteiger partial charge in [0.2, 0.25) is 0 Å². The van der Waals surface area contributed by atoms with Crippen LogP contribution in [0.2, 0.25) is 0 Å². The van der Waals surface area contributed by atoms with Crippen LogP contribution in [0.3, 0.4) is 0 Å². The van der Waals surface area contributed by atoms with Crippen molar-refractivity contribution in [3.8, 4) is 5.75 Å². The van der Waals surface area contributed by atoms with Crippen LogP contribution >= 0.6 is 0 Å². The monoisotopic (exact) mass is 265 g/mol. The summed E-state index contributed by atoms with van der Waals surface area (Å²) >= 11 is 0. The molecule has 0 aliphatic carbocycles. The molecular formula is C14H19NO4. The third-order valence-electron chi connectivity index (χ3n) is 3.01. The van der Waals surface area contributed by atoms with Crippen LogP contribution in [0, 0.1) is 6.92 Å². The van der Waals surface area contributed by atoms with Gasteiger partial charge < -0.3 is 15.2 Å². The number of hydrogen-bond acceptors (Lipinski definition) is 4. The average molecular weight is 265 g/mol. The fourth-order valence-electron chi connectivity index (χ4n) is 1.90. The van der Waals surface area contributed by atoms with Crippen LogP contribution in [0.15, 0.2) is 18.2 Å². The van der Waals surface area contributed by atoms with Crippen LogP contribution in [0.4, 0.5) is 0 Å². The molecule has 19 heavy (non-hydrogen) atoms. The number of benzene rings is 1. The van der Waals surface area contributed by atoms with E-state index in [1.54, 1.807) is 32.4 Å². The summed E-state index contributed by atoms with van der Waals surface area (Å²) in [5.74, 6) is -0.302. The van der Waals surface area contributed by atoms with E-state index in [1.165, 1.54) is 0 Å². The number of nitrogens with one attached hydrogen (secondary N) is 1. The van der Waals surface area contributed by atoms with Gasteiger partial charge in [0.15, 0.2) is 5.78 Å². The van der Waals surface area contributed by atoms with Crippen molar-refractivity contribution in [2.45, 2.75) is 25.8 Å². The summed E-state index contributed by atoms with van der Waals surface area (Å²) in [6.45, 7) is 1.83. The van der Waals surface area contributed by atoms with Crippen molar-refractivity contribution < 1.29 is 19.4 Å². The normalized spacial score (nSPS) is 11.9. The number of ketones is 1. The van der Waals surface area contributed by atoms with Gasteiger partial charge >= 0.3 is 5.97 Å². The Bertz CT molecular complexity index is 471. The number of Topliss-reactive ketones (excluding diaryl/α,β-unsaturated/α-hetero) is 1. The number of carboxylic acid groups (broad SMARTS) is 1. The summed E-state index contributed by atoms with van der Waals surface area (Å²) in [5, 5.41) is 11.5. The maximum absolute atomic E-state index is 12.3. The van der Waals surface area contributed by atoms with Crippen molar-refractivity contribution >= 4 is 11.8 Å². The number of ether oxygens (including phenoxy) is 1. The summed E-state index contributed by atoms with van der Waals surface area (Å²) in [6.07, 6.45) is 0.239. The van der Waals surface area contributed by atoms with Gasteiger partial charge in [-0.25, -0.2) is 0 Å². The first-order valence-corrected chi connectivity index (χ1v) is 6.07. The molecule has 0 amide bonds. The highest BCUT2D eigenvalue weighted by Crippen LogP contribution is 2.19. The van der Waals surface area contributed by atoms with E-state index < -0.39 is 12.0 Å². The lowest BCUT2D eigenvalue weighted by molar-refractivity contribution is -0.137. The molecule has 0 saturated heterocycles. The molecule has 0 spiro atoms. The molecular weight excluding hydrogens is 246 g/mol. The van der Waals surface area contributed by atoms with Gasteiger partial charge in [-0.2, -0.15) is 0 Å².